The van der Waals surface area contributed by atoms with Crippen LogP contribution in [0.3, 0.4) is 0 Å². The van der Waals surface area contributed by atoms with Gasteiger partial charge in [-0.05, 0) is 36.9 Å². The predicted octanol–water partition coefficient (Wildman–Crippen LogP) is 3.70. The predicted molar refractivity (Wildman–Crippen MR) is 119 cm³/mol. The number of nitrogens with zero attached hydrogens (tertiary/aromatic N) is 1. The first-order valence-electron chi connectivity index (χ1n) is 9.28. The Kier molecular flexibility index (Phi) is 6.86. The molecule has 0 radical (unpaired) electrons. The molecule has 1 saturated heterocycles. The number of rotatable bonds is 7. The quantitative estimate of drug-likeness (QED) is 0.654. The zero-order valence-electron chi connectivity index (χ0n) is 17.6. The van der Waals surface area contributed by atoms with Crippen LogP contribution in [-0.2, 0) is 9.59 Å². The zero-order valence-corrected chi connectivity index (χ0v) is 18.4. The second-order valence-electron chi connectivity index (χ2n) is 6.63. The number of nitrogens with one attached hydrogen (secondary N) is 1. The minimum atomic E-state index is -0.561. The van der Waals surface area contributed by atoms with E-state index in [0.717, 1.165) is 22.2 Å². The number of hydrogen-bond acceptors (Lipinski definition) is 7. The minimum Gasteiger partial charge on any atom is -0.496 e. The molecular formula is C22H22N2O6S. The van der Waals surface area contributed by atoms with Gasteiger partial charge in [-0.25, -0.2) is 0 Å². The van der Waals surface area contributed by atoms with E-state index in [2.05, 4.69) is 5.32 Å². The van der Waals surface area contributed by atoms with Crippen LogP contribution in [-0.4, -0.2) is 49.8 Å². The van der Waals surface area contributed by atoms with Crippen LogP contribution in [0.1, 0.15) is 11.1 Å². The molecule has 0 atom stereocenters. The molecule has 2 aromatic rings. The standard InChI is InChI=1S/C22H22N2O6S/c1-13-5-7-14(8-6-13)23-20(25)12-24-21(26)19(31-22(24)27)11-16-17(29-3)9-15(28-2)10-18(16)30-4/h5-11H,12H2,1-4H3,(H,23,25)/b19-11+. The molecule has 2 aromatic carbocycles. The minimum absolute atomic E-state index is 0.162. The van der Waals surface area contributed by atoms with Gasteiger partial charge in [0.25, 0.3) is 11.1 Å². The van der Waals surface area contributed by atoms with Crippen molar-refractivity contribution in [2.24, 2.45) is 0 Å². The maximum atomic E-state index is 12.8. The first kappa shape index (κ1) is 22.2. The van der Waals surface area contributed by atoms with Gasteiger partial charge in [0.05, 0.1) is 31.8 Å². The van der Waals surface area contributed by atoms with Crippen LogP contribution in [0.4, 0.5) is 10.5 Å². The van der Waals surface area contributed by atoms with Crippen molar-refractivity contribution in [1.29, 1.82) is 0 Å². The molecule has 3 rings (SSSR count). The van der Waals surface area contributed by atoms with Gasteiger partial charge >= 0.3 is 0 Å². The zero-order chi connectivity index (χ0) is 22.5. The molecule has 31 heavy (non-hydrogen) atoms. The molecule has 1 aliphatic heterocycles. The number of anilines is 1. The SMILES string of the molecule is COc1cc(OC)c(/C=C2/SC(=O)N(CC(=O)Nc3ccc(C)cc3)C2=O)c(OC)c1. The van der Waals surface area contributed by atoms with E-state index in [4.69, 9.17) is 14.2 Å². The Labute approximate surface area is 184 Å². The summed E-state index contributed by atoms with van der Waals surface area (Å²) < 4.78 is 16.0. The lowest BCUT2D eigenvalue weighted by atomic mass is 10.1. The Hall–Kier alpha value is -3.46. The summed E-state index contributed by atoms with van der Waals surface area (Å²) in [5, 5.41) is 2.16. The van der Waals surface area contributed by atoms with Crippen molar-refractivity contribution in [3.63, 3.8) is 0 Å². The van der Waals surface area contributed by atoms with Gasteiger partial charge in [0, 0.05) is 17.8 Å². The van der Waals surface area contributed by atoms with Gasteiger partial charge in [-0.15, -0.1) is 0 Å². The summed E-state index contributed by atoms with van der Waals surface area (Å²) in [6.45, 7) is 1.55. The van der Waals surface area contributed by atoms with Gasteiger partial charge in [0.2, 0.25) is 5.91 Å². The fourth-order valence-corrected chi connectivity index (χ4v) is 3.74. The number of ether oxygens (including phenoxy) is 3. The van der Waals surface area contributed by atoms with Crippen LogP contribution in [0.2, 0.25) is 0 Å². The molecule has 3 amide bonds. The highest BCUT2D eigenvalue weighted by atomic mass is 32.2. The number of amides is 3. The average molecular weight is 442 g/mol. The second-order valence-corrected chi connectivity index (χ2v) is 7.62. The highest BCUT2D eigenvalue weighted by Crippen LogP contribution is 2.39. The molecule has 0 aliphatic carbocycles. The molecule has 0 spiro atoms. The summed E-state index contributed by atoms with van der Waals surface area (Å²) in [7, 11) is 4.47. The largest absolute Gasteiger partial charge is 0.496 e. The van der Waals surface area contributed by atoms with E-state index in [1.165, 1.54) is 27.4 Å². The van der Waals surface area contributed by atoms with E-state index in [0.29, 0.717) is 28.5 Å². The number of carbonyl (C=O) groups excluding carboxylic acids is 3. The molecule has 9 heteroatoms. The van der Waals surface area contributed by atoms with Crippen LogP contribution in [0.25, 0.3) is 6.08 Å². The van der Waals surface area contributed by atoms with Crippen molar-refractivity contribution in [1.82, 2.24) is 4.90 Å². The van der Waals surface area contributed by atoms with E-state index in [9.17, 15) is 14.4 Å². The van der Waals surface area contributed by atoms with E-state index in [1.807, 2.05) is 19.1 Å². The third-order valence-electron chi connectivity index (χ3n) is 4.54. The summed E-state index contributed by atoms with van der Waals surface area (Å²) in [6, 6.07) is 10.5. The lowest BCUT2D eigenvalue weighted by Crippen LogP contribution is -2.36. The van der Waals surface area contributed by atoms with Crippen molar-refractivity contribution in [3.8, 4) is 17.2 Å². The van der Waals surface area contributed by atoms with Crippen molar-refractivity contribution >= 4 is 40.6 Å². The molecule has 0 bridgehead atoms. The number of aryl methyl sites for hydroxylation is 1. The van der Waals surface area contributed by atoms with Gasteiger partial charge in [-0.3, -0.25) is 19.3 Å². The molecule has 1 heterocycles. The molecule has 1 N–H and O–H groups in total. The fourth-order valence-electron chi connectivity index (χ4n) is 2.92. The van der Waals surface area contributed by atoms with Crippen LogP contribution in [0, 0.1) is 6.92 Å². The molecule has 0 aromatic heterocycles. The molecule has 1 fully saturated rings. The average Bonchev–Trinajstić information content (AvgIpc) is 3.02. The van der Waals surface area contributed by atoms with E-state index < -0.39 is 17.1 Å². The second kappa shape index (κ2) is 9.57. The lowest BCUT2D eigenvalue weighted by molar-refractivity contribution is -0.127. The number of hydrogen-bond donors (Lipinski definition) is 1. The van der Waals surface area contributed by atoms with Crippen LogP contribution in [0.15, 0.2) is 41.3 Å². The van der Waals surface area contributed by atoms with Crippen LogP contribution < -0.4 is 19.5 Å². The van der Waals surface area contributed by atoms with Crippen molar-refractivity contribution in [3.05, 3.63) is 52.4 Å². The summed E-state index contributed by atoms with van der Waals surface area (Å²) in [5.41, 5.74) is 2.13. The number of carbonyl (C=O) groups is 3. The molecule has 162 valence electrons. The smallest absolute Gasteiger partial charge is 0.294 e. The maximum Gasteiger partial charge on any atom is 0.294 e. The van der Waals surface area contributed by atoms with Crippen LogP contribution >= 0.6 is 11.8 Å². The van der Waals surface area contributed by atoms with Crippen LogP contribution in [0.5, 0.6) is 17.2 Å². The molecule has 1 aliphatic rings. The third-order valence-corrected chi connectivity index (χ3v) is 5.45. The number of methoxy groups -OCH3 is 3. The molecule has 0 saturated carbocycles. The Bertz CT molecular complexity index is 1020. The number of imide groups is 1. The molecular weight excluding hydrogens is 420 g/mol. The summed E-state index contributed by atoms with van der Waals surface area (Å²) >= 11 is 0.751. The highest BCUT2D eigenvalue weighted by molar-refractivity contribution is 8.18. The Balaban J connectivity index is 1.80. The van der Waals surface area contributed by atoms with E-state index >= 15 is 0 Å². The monoisotopic (exact) mass is 442 g/mol. The number of thioether (sulfide) groups is 1. The van der Waals surface area contributed by atoms with Gasteiger partial charge in [0.15, 0.2) is 0 Å². The third kappa shape index (κ3) is 5.00. The summed E-state index contributed by atoms with van der Waals surface area (Å²) in [5.74, 6) is 0.327. The molecule has 0 unspecified atom stereocenters. The highest BCUT2D eigenvalue weighted by Gasteiger charge is 2.36. The maximum absolute atomic E-state index is 12.8. The van der Waals surface area contributed by atoms with Crippen molar-refractivity contribution in [2.75, 3.05) is 33.2 Å². The van der Waals surface area contributed by atoms with Gasteiger partial charge in [-0.2, -0.15) is 0 Å². The van der Waals surface area contributed by atoms with E-state index in [1.54, 1.807) is 24.3 Å². The Morgan fingerprint density at radius 3 is 2.19 bits per heavy atom. The summed E-state index contributed by atoms with van der Waals surface area (Å²) in [6.07, 6.45) is 1.51. The normalized spacial score (nSPS) is 14.7. The Morgan fingerprint density at radius 1 is 1.03 bits per heavy atom. The number of benzene rings is 2. The lowest BCUT2D eigenvalue weighted by Gasteiger charge is -2.13. The van der Waals surface area contributed by atoms with E-state index in [-0.39, 0.29) is 11.4 Å². The first-order chi connectivity index (χ1) is 14.9. The fraction of sp³-hybridized carbons (Fsp3) is 0.227. The van der Waals surface area contributed by atoms with Gasteiger partial charge in [-0.1, -0.05) is 17.7 Å². The summed E-state index contributed by atoms with van der Waals surface area (Å²) in [4.78, 5) is 38.6. The Morgan fingerprint density at radius 2 is 1.65 bits per heavy atom. The van der Waals surface area contributed by atoms with Crippen molar-refractivity contribution in [2.45, 2.75) is 6.92 Å². The van der Waals surface area contributed by atoms with Crippen molar-refractivity contribution < 1.29 is 28.6 Å². The van der Waals surface area contributed by atoms with Gasteiger partial charge < -0.3 is 19.5 Å². The first-order valence-corrected chi connectivity index (χ1v) is 10.1. The van der Waals surface area contributed by atoms with Gasteiger partial charge in [0.1, 0.15) is 23.8 Å². The molecule has 8 nitrogen and oxygen atoms in total. The topological polar surface area (TPSA) is 94.2 Å².